The molecule has 20 heavy (non-hydrogen) atoms. The minimum atomic E-state index is -0.435. The van der Waals surface area contributed by atoms with Crippen molar-refractivity contribution in [3.8, 4) is 5.75 Å². The van der Waals surface area contributed by atoms with Crippen LogP contribution in [0.15, 0.2) is 42.7 Å². The predicted molar refractivity (Wildman–Crippen MR) is 75.4 cm³/mol. The summed E-state index contributed by atoms with van der Waals surface area (Å²) >= 11 is 0. The zero-order chi connectivity index (χ0) is 14.4. The molecule has 2 aromatic rings. The fourth-order valence-corrected chi connectivity index (χ4v) is 1.70. The molecule has 0 fully saturated rings. The number of esters is 1. The molecule has 0 saturated carbocycles. The number of carbonyl (C=O) groups excluding carboxylic acids is 1. The predicted octanol–water partition coefficient (Wildman–Crippen LogP) is 2.42. The first-order valence-corrected chi connectivity index (χ1v) is 6.28. The minimum absolute atomic E-state index is 0.195. The Bertz CT molecular complexity index is 585. The lowest BCUT2D eigenvalue weighted by atomic mass is 10.2. The van der Waals surface area contributed by atoms with Crippen LogP contribution in [0.25, 0.3) is 0 Å². The highest BCUT2D eigenvalue weighted by atomic mass is 16.5. The zero-order valence-corrected chi connectivity index (χ0v) is 11.2. The smallest absolute Gasteiger partial charge is 0.338 e. The molecule has 1 aromatic heterocycles. The van der Waals surface area contributed by atoms with Crippen LogP contribution in [0.3, 0.4) is 0 Å². The topological polar surface area (TPSA) is 74.4 Å². The lowest BCUT2D eigenvalue weighted by Crippen LogP contribution is -2.06. The maximum Gasteiger partial charge on any atom is 0.338 e. The average molecular weight is 272 g/mol. The number of pyridine rings is 1. The SMILES string of the molecule is CCOc1cc(N)cc(C(=O)OCc2ccncc2)c1. The fourth-order valence-electron chi connectivity index (χ4n) is 1.70. The number of rotatable bonds is 5. The Morgan fingerprint density at radius 3 is 2.70 bits per heavy atom. The van der Waals surface area contributed by atoms with Crippen molar-refractivity contribution in [3.05, 3.63) is 53.9 Å². The summed E-state index contributed by atoms with van der Waals surface area (Å²) in [6, 6.07) is 8.44. The summed E-state index contributed by atoms with van der Waals surface area (Å²) in [4.78, 5) is 15.9. The van der Waals surface area contributed by atoms with Crippen LogP contribution >= 0.6 is 0 Å². The molecule has 0 aliphatic heterocycles. The van der Waals surface area contributed by atoms with Gasteiger partial charge in [0, 0.05) is 24.1 Å². The number of anilines is 1. The summed E-state index contributed by atoms with van der Waals surface area (Å²) in [5, 5.41) is 0. The molecule has 2 N–H and O–H groups in total. The van der Waals surface area contributed by atoms with E-state index in [1.807, 2.05) is 6.92 Å². The van der Waals surface area contributed by atoms with Crippen molar-refractivity contribution in [2.75, 3.05) is 12.3 Å². The summed E-state index contributed by atoms with van der Waals surface area (Å²) in [5.74, 6) is 0.124. The van der Waals surface area contributed by atoms with E-state index in [-0.39, 0.29) is 6.61 Å². The number of hydrogen-bond acceptors (Lipinski definition) is 5. The molecule has 0 atom stereocenters. The highest BCUT2D eigenvalue weighted by Gasteiger charge is 2.10. The third-order valence-corrected chi connectivity index (χ3v) is 2.59. The first kappa shape index (κ1) is 13.9. The first-order chi connectivity index (χ1) is 9.69. The van der Waals surface area contributed by atoms with Crippen molar-refractivity contribution in [1.29, 1.82) is 0 Å². The van der Waals surface area contributed by atoms with Gasteiger partial charge in [0.2, 0.25) is 0 Å². The average Bonchev–Trinajstić information content (AvgIpc) is 2.45. The number of nitrogens with two attached hydrogens (primary N) is 1. The van der Waals surface area contributed by atoms with Crippen molar-refractivity contribution < 1.29 is 14.3 Å². The van der Waals surface area contributed by atoms with Crippen molar-refractivity contribution in [2.45, 2.75) is 13.5 Å². The highest BCUT2D eigenvalue weighted by molar-refractivity contribution is 5.91. The second-order valence-electron chi connectivity index (χ2n) is 4.16. The molecule has 1 heterocycles. The number of carbonyl (C=O) groups is 1. The van der Waals surface area contributed by atoms with E-state index in [0.717, 1.165) is 5.56 Å². The van der Waals surface area contributed by atoms with Crippen molar-refractivity contribution >= 4 is 11.7 Å². The van der Waals surface area contributed by atoms with Crippen molar-refractivity contribution in [3.63, 3.8) is 0 Å². The normalized spacial score (nSPS) is 10.1. The molecule has 0 saturated heterocycles. The maximum atomic E-state index is 12.0. The van der Waals surface area contributed by atoms with Gasteiger partial charge in [0.25, 0.3) is 0 Å². The van der Waals surface area contributed by atoms with Crippen LogP contribution in [0.4, 0.5) is 5.69 Å². The quantitative estimate of drug-likeness (QED) is 0.668. The fraction of sp³-hybridized carbons (Fsp3) is 0.200. The standard InChI is InChI=1S/C15H16N2O3/c1-2-19-14-8-12(7-13(16)9-14)15(18)20-10-11-3-5-17-6-4-11/h3-9H,2,10,16H2,1H3. The zero-order valence-electron chi connectivity index (χ0n) is 11.2. The van der Waals surface area contributed by atoms with Gasteiger partial charge in [-0.2, -0.15) is 0 Å². The van der Waals surface area contributed by atoms with E-state index in [1.54, 1.807) is 42.7 Å². The highest BCUT2D eigenvalue weighted by Crippen LogP contribution is 2.20. The molecule has 5 heteroatoms. The van der Waals surface area contributed by atoms with Crippen LogP contribution < -0.4 is 10.5 Å². The minimum Gasteiger partial charge on any atom is -0.494 e. The van der Waals surface area contributed by atoms with Gasteiger partial charge >= 0.3 is 5.97 Å². The summed E-state index contributed by atoms with van der Waals surface area (Å²) in [6.07, 6.45) is 3.30. The van der Waals surface area contributed by atoms with Crippen LogP contribution in [0, 0.1) is 0 Å². The van der Waals surface area contributed by atoms with Crippen LogP contribution in [-0.2, 0) is 11.3 Å². The molecular formula is C15H16N2O3. The third-order valence-electron chi connectivity index (χ3n) is 2.59. The molecular weight excluding hydrogens is 256 g/mol. The molecule has 2 rings (SSSR count). The molecule has 5 nitrogen and oxygen atoms in total. The van der Waals surface area contributed by atoms with E-state index in [0.29, 0.717) is 23.6 Å². The largest absolute Gasteiger partial charge is 0.494 e. The number of hydrogen-bond donors (Lipinski definition) is 1. The second kappa shape index (κ2) is 6.56. The number of nitrogens with zero attached hydrogens (tertiary/aromatic N) is 1. The molecule has 0 unspecified atom stereocenters. The number of aromatic nitrogens is 1. The molecule has 0 aliphatic rings. The van der Waals surface area contributed by atoms with Crippen LogP contribution in [0.5, 0.6) is 5.75 Å². The summed E-state index contributed by atoms with van der Waals surface area (Å²) in [7, 11) is 0. The Hall–Kier alpha value is -2.56. The van der Waals surface area contributed by atoms with E-state index < -0.39 is 5.97 Å². The van der Waals surface area contributed by atoms with Gasteiger partial charge in [0.15, 0.2) is 0 Å². The maximum absolute atomic E-state index is 12.0. The van der Waals surface area contributed by atoms with Gasteiger partial charge in [0.05, 0.1) is 12.2 Å². The monoisotopic (exact) mass is 272 g/mol. The van der Waals surface area contributed by atoms with E-state index in [4.69, 9.17) is 15.2 Å². The van der Waals surface area contributed by atoms with Gasteiger partial charge in [-0.3, -0.25) is 4.98 Å². The summed E-state index contributed by atoms with van der Waals surface area (Å²) in [5.41, 5.74) is 7.46. The molecule has 1 aromatic carbocycles. The van der Waals surface area contributed by atoms with E-state index in [2.05, 4.69) is 4.98 Å². The lowest BCUT2D eigenvalue weighted by molar-refractivity contribution is 0.0472. The molecule has 0 amide bonds. The third kappa shape index (κ3) is 3.71. The van der Waals surface area contributed by atoms with Crippen molar-refractivity contribution in [1.82, 2.24) is 4.98 Å². The summed E-state index contributed by atoms with van der Waals surface area (Å²) in [6.45, 7) is 2.57. The van der Waals surface area contributed by atoms with Gasteiger partial charge < -0.3 is 15.2 Å². The Kier molecular flexibility index (Phi) is 4.55. The second-order valence-corrected chi connectivity index (χ2v) is 4.16. The Labute approximate surface area is 117 Å². The molecule has 104 valence electrons. The van der Waals surface area contributed by atoms with Crippen molar-refractivity contribution in [2.24, 2.45) is 0 Å². The van der Waals surface area contributed by atoms with Gasteiger partial charge in [-0.05, 0) is 36.8 Å². The van der Waals surface area contributed by atoms with Crippen LogP contribution in [0.2, 0.25) is 0 Å². The van der Waals surface area contributed by atoms with Gasteiger partial charge in [-0.25, -0.2) is 4.79 Å². The van der Waals surface area contributed by atoms with Crippen LogP contribution in [-0.4, -0.2) is 17.6 Å². The van der Waals surface area contributed by atoms with Crippen LogP contribution in [0.1, 0.15) is 22.8 Å². The number of ether oxygens (including phenoxy) is 2. The van der Waals surface area contributed by atoms with Gasteiger partial charge in [-0.1, -0.05) is 0 Å². The molecule has 0 bridgehead atoms. The first-order valence-electron chi connectivity index (χ1n) is 6.28. The summed E-state index contributed by atoms with van der Waals surface area (Å²) < 4.78 is 10.6. The van der Waals surface area contributed by atoms with Gasteiger partial charge in [-0.15, -0.1) is 0 Å². The van der Waals surface area contributed by atoms with Gasteiger partial charge in [0.1, 0.15) is 12.4 Å². The number of nitrogen functional groups attached to an aromatic ring is 1. The molecule has 0 radical (unpaired) electrons. The Balaban J connectivity index is 2.05. The Morgan fingerprint density at radius 1 is 1.25 bits per heavy atom. The molecule has 0 aliphatic carbocycles. The number of benzene rings is 1. The lowest BCUT2D eigenvalue weighted by Gasteiger charge is -2.08. The molecule has 0 spiro atoms. The van der Waals surface area contributed by atoms with E-state index in [9.17, 15) is 4.79 Å². The Morgan fingerprint density at radius 2 is 2.00 bits per heavy atom. The van der Waals surface area contributed by atoms with E-state index >= 15 is 0 Å². The van der Waals surface area contributed by atoms with E-state index in [1.165, 1.54) is 0 Å².